The Balaban J connectivity index is 1.71. The Bertz CT molecular complexity index is 1180. The summed E-state index contributed by atoms with van der Waals surface area (Å²) in [5.74, 6) is 0.311. The van der Waals surface area contributed by atoms with Crippen LogP contribution in [-0.4, -0.2) is 15.6 Å². The van der Waals surface area contributed by atoms with Crippen LogP contribution in [0.5, 0.6) is 0 Å². The zero-order valence-corrected chi connectivity index (χ0v) is 16.7. The maximum atomic E-state index is 13.0. The highest BCUT2D eigenvalue weighted by molar-refractivity contribution is 7.98. The number of thiophene rings is 1. The molecule has 4 aromatic rings. The third-order valence-corrected chi connectivity index (χ3v) is 6.07. The largest absolute Gasteiger partial charge is 0.281 e. The third kappa shape index (κ3) is 3.85. The summed E-state index contributed by atoms with van der Waals surface area (Å²) in [5, 5.41) is 2.74. The number of carbonyl (C=O) groups is 1. The van der Waals surface area contributed by atoms with Crippen LogP contribution in [0.25, 0.3) is 10.9 Å². The number of hydrogen-bond donors (Lipinski definition) is 1. The highest BCUT2D eigenvalue weighted by Gasteiger charge is 2.15. The predicted octanol–water partition coefficient (Wildman–Crippen LogP) is 4.44. The summed E-state index contributed by atoms with van der Waals surface area (Å²) in [5.41, 5.74) is 5.34. The second-order valence-electron chi connectivity index (χ2n) is 6.24. The SMILES string of the molecule is Cc1ccc(CSc2nc3ccccc3c(=O)n2NC(=O)c2cccs2)cc1. The Morgan fingerprint density at radius 3 is 2.64 bits per heavy atom. The molecule has 0 aliphatic carbocycles. The van der Waals surface area contributed by atoms with Crippen molar-refractivity contribution < 1.29 is 4.79 Å². The van der Waals surface area contributed by atoms with Crippen LogP contribution in [-0.2, 0) is 5.75 Å². The number of benzene rings is 2. The molecule has 2 heterocycles. The van der Waals surface area contributed by atoms with E-state index < -0.39 is 0 Å². The first-order valence-corrected chi connectivity index (χ1v) is 10.5. The Labute approximate surface area is 170 Å². The number of aryl methyl sites for hydroxylation is 1. The van der Waals surface area contributed by atoms with E-state index in [9.17, 15) is 9.59 Å². The zero-order valence-electron chi connectivity index (χ0n) is 15.1. The third-order valence-electron chi connectivity index (χ3n) is 4.19. The molecule has 0 fully saturated rings. The van der Waals surface area contributed by atoms with E-state index in [0.717, 1.165) is 5.56 Å². The Hall–Kier alpha value is -2.90. The van der Waals surface area contributed by atoms with Crippen LogP contribution in [0.15, 0.2) is 76.0 Å². The van der Waals surface area contributed by atoms with Gasteiger partial charge in [0.15, 0.2) is 5.16 Å². The molecule has 4 rings (SSSR count). The van der Waals surface area contributed by atoms with Gasteiger partial charge < -0.3 is 0 Å². The highest BCUT2D eigenvalue weighted by atomic mass is 32.2. The van der Waals surface area contributed by atoms with Crippen molar-refractivity contribution in [2.45, 2.75) is 17.8 Å². The summed E-state index contributed by atoms with van der Waals surface area (Å²) in [6.07, 6.45) is 0. The number of nitrogens with one attached hydrogen (secondary N) is 1. The minimum atomic E-state index is -0.327. The summed E-state index contributed by atoms with van der Waals surface area (Å²) in [6, 6.07) is 18.9. The fourth-order valence-corrected chi connectivity index (χ4v) is 4.23. The minimum absolute atomic E-state index is 0.290. The molecule has 0 saturated carbocycles. The van der Waals surface area contributed by atoms with Gasteiger partial charge >= 0.3 is 0 Å². The van der Waals surface area contributed by atoms with Crippen LogP contribution in [0.4, 0.5) is 0 Å². The van der Waals surface area contributed by atoms with Gasteiger partial charge in [-0.2, -0.15) is 4.68 Å². The normalized spacial score (nSPS) is 10.9. The lowest BCUT2D eigenvalue weighted by Gasteiger charge is -2.13. The molecule has 140 valence electrons. The topological polar surface area (TPSA) is 64.0 Å². The molecule has 0 atom stereocenters. The first-order chi connectivity index (χ1) is 13.6. The molecule has 7 heteroatoms. The van der Waals surface area contributed by atoms with Crippen molar-refractivity contribution in [2.75, 3.05) is 5.43 Å². The van der Waals surface area contributed by atoms with E-state index in [1.165, 1.54) is 33.3 Å². The van der Waals surface area contributed by atoms with Gasteiger partial charge in [0.2, 0.25) is 0 Å². The number of thioether (sulfide) groups is 1. The lowest BCUT2D eigenvalue weighted by Crippen LogP contribution is -2.34. The average Bonchev–Trinajstić information content (AvgIpc) is 3.25. The Kier molecular flexibility index (Phi) is 5.27. The molecular formula is C21H17N3O2S2. The van der Waals surface area contributed by atoms with Crippen molar-refractivity contribution in [3.05, 3.63) is 92.4 Å². The number of carbonyl (C=O) groups excluding carboxylic acids is 1. The molecule has 0 aliphatic rings. The monoisotopic (exact) mass is 407 g/mol. The van der Waals surface area contributed by atoms with Crippen molar-refractivity contribution in [3.63, 3.8) is 0 Å². The van der Waals surface area contributed by atoms with E-state index in [-0.39, 0.29) is 11.5 Å². The standard InChI is InChI=1S/C21H17N3O2S2/c1-14-8-10-15(11-9-14)13-28-21-22-17-6-3-2-5-16(17)20(26)24(21)23-19(25)18-7-4-12-27-18/h2-12H,13H2,1H3,(H,23,25). The average molecular weight is 408 g/mol. The number of rotatable bonds is 5. The maximum Gasteiger partial charge on any atom is 0.281 e. The van der Waals surface area contributed by atoms with Gasteiger partial charge in [-0.3, -0.25) is 15.0 Å². The van der Waals surface area contributed by atoms with Gasteiger partial charge in [-0.25, -0.2) is 4.98 Å². The van der Waals surface area contributed by atoms with Crippen molar-refractivity contribution in [1.82, 2.24) is 9.66 Å². The molecule has 2 aromatic heterocycles. The van der Waals surface area contributed by atoms with Crippen LogP contribution >= 0.6 is 23.1 Å². The fraction of sp³-hybridized carbons (Fsp3) is 0.0952. The molecule has 0 saturated heterocycles. The maximum absolute atomic E-state index is 13.0. The quantitative estimate of drug-likeness (QED) is 0.392. The predicted molar refractivity (Wildman–Crippen MR) is 115 cm³/mol. The molecule has 28 heavy (non-hydrogen) atoms. The van der Waals surface area contributed by atoms with E-state index in [1.54, 1.807) is 30.3 Å². The van der Waals surface area contributed by atoms with E-state index in [4.69, 9.17) is 0 Å². The van der Waals surface area contributed by atoms with Gasteiger partial charge in [-0.15, -0.1) is 11.3 Å². The summed E-state index contributed by atoms with van der Waals surface area (Å²) >= 11 is 2.74. The lowest BCUT2D eigenvalue weighted by molar-refractivity contribution is 0.101. The molecule has 5 nitrogen and oxygen atoms in total. The molecule has 0 aliphatic heterocycles. The summed E-state index contributed by atoms with van der Waals surface area (Å²) in [7, 11) is 0. The van der Waals surface area contributed by atoms with Crippen molar-refractivity contribution >= 4 is 39.9 Å². The van der Waals surface area contributed by atoms with Gasteiger partial charge in [0, 0.05) is 5.75 Å². The fourth-order valence-electron chi connectivity index (χ4n) is 2.70. The zero-order chi connectivity index (χ0) is 19.5. The molecule has 0 unspecified atom stereocenters. The Morgan fingerprint density at radius 1 is 1.11 bits per heavy atom. The number of nitrogens with zero attached hydrogens (tertiary/aromatic N) is 2. The second kappa shape index (κ2) is 8.00. The Morgan fingerprint density at radius 2 is 1.89 bits per heavy atom. The summed E-state index contributed by atoms with van der Waals surface area (Å²) < 4.78 is 1.25. The molecule has 0 bridgehead atoms. The second-order valence-corrected chi connectivity index (χ2v) is 8.13. The molecule has 1 N–H and O–H groups in total. The number of fused-ring (bicyclic) bond motifs is 1. The van der Waals surface area contributed by atoms with Crippen LogP contribution in [0.3, 0.4) is 0 Å². The molecule has 2 aromatic carbocycles. The number of amides is 1. The van der Waals surface area contributed by atoms with Crippen molar-refractivity contribution in [3.8, 4) is 0 Å². The van der Waals surface area contributed by atoms with Gasteiger partial charge in [0.25, 0.3) is 11.5 Å². The van der Waals surface area contributed by atoms with Gasteiger partial charge in [-0.05, 0) is 36.1 Å². The first-order valence-electron chi connectivity index (χ1n) is 8.67. The van der Waals surface area contributed by atoms with Crippen LogP contribution in [0.1, 0.15) is 20.8 Å². The molecule has 0 spiro atoms. The first kappa shape index (κ1) is 18.5. The van der Waals surface area contributed by atoms with Crippen LogP contribution in [0.2, 0.25) is 0 Å². The van der Waals surface area contributed by atoms with Gasteiger partial charge in [0.05, 0.1) is 15.8 Å². The summed E-state index contributed by atoms with van der Waals surface area (Å²) in [4.78, 5) is 30.7. The van der Waals surface area contributed by atoms with Crippen LogP contribution < -0.4 is 11.0 Å². The highest BCUT2D eigenvalue weighted by Crippen LogP contribution is 2.22. The van der Waals surface area contributed by atoms with Gasteiger partial charge in [0.1, 0.15) is 0 Å². The van der Waals surface area contributed by atoms with Crippen molar-refractivity contribution in [2.24, 2.45) is 0 Å². The molecule has 0 radical (unpaired) electrons. The van der Waals surface area contributed by atoms with E-state index in [0.29, 0.717) is 26.7 Å². The van der Waals surface area contributed by atoms with Gasteiger partial charge in [-0.1, -0.05) is 59.8 Å². The van der Waals surface area contributed by atoms with E-state index in [2.05, 4.69) is 34.7 Å². The van der Waals surface area contributed by atoms with E-state index >= 15 is 0 Å². The summed E-state index contributed by atoms with van der Waals surface area (Å²) in [6.45, 7) is 2.04. The number of aromatic nitrogens is 2. The number of para-hydroxylation sites is 1. The molecule has 1 amide bonds. The minimum Gasteiger partial charge on any atom is -0.267 e. The van der Waals surface area contributed by atoms with E-state index in [1.807, 2.05) is 18.4 Å². The van der Waals surface area contributed by atoms with Crippen molar-refractivity contribution in [1.29, 1.82) is 0 Å². The smallest absolute Gasteiger partial charge is 0.267 e. The lowest BCUT2D eigenvalue weighted by atomic mass is 10.2. The van der Waals surface area contributed by atoms with Crippen LogP contribution in [0, 0.1) is 6.92 Å². The molecular weight excluding hydrogens is 390 g/mol. The number of hydrogen-bond acceptors (Lipinski definition) is 5.